The molecule has 0 unspecified atom stereocenters. The predicted molar refractivity (Wildman–Crippen MR) is 87.0 cm³/mol. The van der Waals surface area contributed by atoms with Crippen molar-refractivity contribution in [2.45, 2.75) is 31.8 Å². The van der Waals surface area contributed by atoms with E-state index in [1.165, 1.54) is 29.9 Å². The van der Waals surface area contributed by atoms with E-state index in [2.05, 4.69) is 36.6 Å². The fraction of sp³-hybridized carbons (Fsp3) is 0.533. The summed E-state index contributed by atoms with van der Waals surface area (Å²) in [6.07, 6.45) is 5.07. The molecule has 1 N–H and O–H groups in total. The van der Waals surface area contributed by atoms with Crippen LogP contribution in [0.1, 0.15) is 34.5 Å². The van der Waals surface area contributed by atoms with Gasteiger partial charge in [0.15, 0.2) is 0 Å². The third-order valence-corrected chi connectivity index (χ3v) is 6.27. The van der Waals surface area contributed by atoms with Crippen molar-refractivity contribution in [2.24, 2.45) is 5.41 Å². The SMILES string of the molecule is O=C(c1cnns1)N(Cc1ccsc1)[C@H]1CC12CCNCC2. The van der Waals surface area contributed by atoms with Gasteiger partial charge in [-0.3, -0.25) is 4.79 Å². The Bertz CT molecular complexity index is 635. The number of rotatable bonds is 4. The fourth-order valence-corrected chi connectivity index (χ4v) is 4.67. The molecule has 1 aliphatic heterocycles. The minimum atomic E-state index is 0.0848. The third kappa shape index (κ3) is 2.57. The molecule has 0 aromatic carbocycles. The molecule has 0 bridgehead atoms. The molecule has 2 aliphatic rings. The Hall–Kier alpha value is -1.31. The molecule has 0 radical (unpaired) electrons. The van der Waals surface area contributed by atoms with Crippen molar-refractivity contribution in [2.75, 3.05) is 13.1 Å². The molecule has 1 spiro atoms. The molecular formula is C15H18N4OS2. The van der Waals surface area contributed by atoms with Crippen LogP contribution < -0.4 is 5.32 Å². The second kappa shape index (κ2) is 5.72. The third-order valence-electron chi connectivity index (χ3n) is 4.89. The van der Waals surface area contributed by atoms with Crippen LogP contribution in [0.15, 0.2) is 23.0 Å². The molecule has 1 atom stereocenters. The first-order valence-electron chi connectivity index (χ1n) is 7.59. The van der Waals surface area contributed by atoms with Gasteiger partial charge in [-0.05, 0) is 71.7 Å². The summed E-state index contributed by atoms with van der Waals surface area (Å²) in [7, 11) is 0. The highest BCUT2D eigenvalue weighted by molar-refractivity contribution is 7.08. The van der Waals surface area contributed by atoms with Crippen LogP contribution in [0.5, 0.6) is 0 Å². The first-order valence-corrected chi connectivity index (χ1v) is 9.30. The number of thiophene rings is 1. The maximum Gasteiger partial charge on any atom is 0.267 e. The first kappa shape index (κ1) is 14.3. The molecule has 1 saturated heterocycles. The van der Waals surface area contributed by atoms with Gasteiger partial charge in [0, 0.05) is 12.6 Å². The fourth-order valence-electron chi connectivity index (χ4n) is 3.53. The van der Waals surface area contributed by atoms with E-state index >= 15 is 0 Å². The van der Waals surface area contributed by atoms with Crippen molar-refractivity contribution in [3.63, 3.8) is 0 Å². The second-order valence-electron chi connectivity index (χ2n) is 6.18. The van der Waals surface area contributed by atoms with Crippen molar-refractivity contribution in [1.29, 1.82) is 0 Å². The number of hydrogen-bond donors (Lipinski definition) is 1. The van der Waals surface area contributed by atoms with Gasteiger partial charge in [0.25, 0.3) is 5.91 Å². The lowest BCUT2D eigenvalue weighted by Gasteiger charge is -2.29. The second-order valence-corrected chi connectivity index (χ2v) is 7.74. The highest BCUT2D eigenvalue weighted by Gasteiger charge is 2.57. The average Bonchev–Trinajstić information content (AvgIpc) is 3.02. The van der Waals surface area contributed by atoms with E-state index in [-0.39, 0.29) is 5.91 Å². The maximum absolute atomic E-state index is 12.9. The van der Waals surface area contributed by atoms with E-state index in [1.807, 2.05) is 0 Å². The van der Waals surface area contributed by atoms with Gasteiger partial charge in [-0.1, -0.05) is 4.49 Å². The lowest BCUT2D eigenvalue weighted by Crippen LogP contribution is -2.38. The predicted octanol–water partition coefficient (Wildman–Crippen LogP) is 2.38. The normalized spacial score (nSPS) is 22.6. The molecule has 7 heteroatoms. The zero-order valence-electron chi connectivity index (χ0n) is 12.2. The van der Waals surface area contributed by atoms with E-state index in [9.17, 15) is 4.79 Å². The minimum absolute atomic E-state index is 0.0848. The Morgan fingerprint density at radius 2 is 2.32 bits per heavy atom. The summed E-state index contributed by atoms with van der Waals surface area (Å²) in [5, 5.41) is 11.4. The first-order chi connectivity index (χ1) is 10.8. The summed E-state index contributed by atoms with van der Waals surface area (Å²) in [5.74, 6) is 0.0848. The zero-order valence-corrected chi connectivity index (χ0v) is 13.8. The van der Waals surface area contributed by atoms with Gasteiger partial charge in [0.2, 0.25) is 0 Å². The summed E-state index contributed by atoms with van der Waals surface area (Å²) in [5.41, 5.74) is 1.56. The largest absolute Gasteiger partial charge is 0.330 e. The molecule has 116 valence electrons. The zero-order chi connectivity index (χ0) is 15.0. The van der Waals surface area contributed by atoms with Crippen molar-refractivity contribution in [1.82, 2.24) is 19.8 Å². The summed E-state index contributed by atoms with van der Waals surface area (Å²) < 4.78 is 3.84. The molecule has 5 nitrogen and oxygen atoms in total. The van der Waals surface area contributed by atoms with Crippen molar-refractivity contribution in [3.05, 3.63) is 33.5 Å². The molecule has 3 heterocycles. The van der Waals surface area contributed by atoms with Crippen LogP contribution in [-0.2, 0) is 6.54 Å². The topological polar surface area (TPSA) is 58.1 Å². The lowest BCUT2D eigenvalue weighted by atomic mass is 9.93. The Morgan fingerprint density at radius 3 is 3.00 bits per heavy atom. The number of carbonyl (C=O) groups is 1. The molecule has 2 aromatic rings. The van der Waals surface area contributed by atoms with Crippen molar-refractivity contribution < 1.29 is 4.79 Å². The average molecular weight is 334 g/mol. The van der Waals surface area contributed by atoms with E-state index in [0.717, 1.165) is 19.5 Å². The Morgan fingerprint density at radius 1 is 1.45 bits per heavy atom. The van der Waals surface area contributed by atoms with Crippen LogP contribution in [0.4, 0.5) is 0 Å². The number of aromatic nitrogens is 2. The number of hydrogen-bond acceptors (Lipinski definition) is 6. The van der Waals surface area contributed by atoms with Crippen LogP contribution in [-0.4, -0.2) is 39.5 Å². The van der Waals surface area contributed by atoms with Gasteiger partial charge in [0.05, 0.1) is 6.20 Å². The molecule has 22 heavy (non-hydrogen) atoms. The monoisotopic (exact) mass is 334 g/mol. The Balaban J connectivity index is 1.57. The minimum Gasteiger partial charge on any atom is -0.330 e. The maximum atomic E-state index is 12.9. The highest BCUT2D eigenvalue weighted by atomic mass is 32.1. The van der Waals surface area contributed by atoms with E-state index in [0.29, 0.717) is 22.9 Å². The van der Waals surface area contributed by atoms with Gasteiger partial charge in [-0.15, -0.1) is 5.10 Å². The molecule has 1 saturated carbocycles. The Labute approximate surface area is 137 Å². The van der Waals surface area contributed by atoms with E-state index in [4.69, 9.17) is 0 Å². The van der Waals surface area contributed by atoms with Gasteiger partial charge in [0.1, 0.15) is 4.88 Å². The quantitative estimate of drug-likeness (QED) is 0.933. The summed E-state index contributed by atoms with van der Waals surface area (Å²) in [6.45, 7) is 2.83. The van der Waals surface area contributed by atoms with Gasteiger partial charge in [-0.2, -0.15) is 11.3 Å². The van der Waals surface area contributed by atoms with Crippen LogP contribution in [0.3, 0.4) is 0 Å². The highest BCUT2D eigenvalue weighted by Crippen LogP contribution is 2.56. The van der Waals surface area contributed by atoms with Crippen molar-refractivity contribution >= 4 is 28.8 Å². The van der Waals surface area contributed by atoms with Crippen molar-refractivity contribution in [3.8, 4) is 0 Å². The smallest absolute Gasteiger partial charge is 0.267 e. The Kier molecular flexibility index (Phi) is 3.71. The van der Waals surface area contributed by atoms with E-state index in [1.54, 1.807) is 17.5 Å². The van der Waals surface area contributed by atoms with Gasteiger partial charge < -0.3 is 10.2 Å². The standard InChI is InChI=1S/C15H18N4OS2/c20-14(12-8-17-18-22-12)19(9-11-1-6-21-10-11)13-7-15(13)2-4-16-5-3-15/h1,6,8,10,13,16H,2-5,7,9H2/t13-/m0/s1. The van der Waals surface area contributed by atoms with Crippen LogP contribution >= 0.6 is 22.9 Å². The molecule has 2 aromatic heterocycles. The number of carbonyl (C=O) groups excluding carboxylic acids is 1. The molecule has 4 rings (SSSR count). The number of piperidine rings is 1. The summed E-state index contributed by atoms with van der Waals surface area (Å²) in [6, 6.07) is 2.47. The summed E-state index contributed by atoms with van der Waals surface area (Å²) >= 11 is 2.87. The lowest BCUT2D eigenvalue weighted by molar-refractivity contribution is 0.0697. The molecule has 2 fully saturated rings. The van der Waals surface area contributed by atoms with Crippen LogP contribution in [0.2, 0.25) is 0 Å². The number of nitrogens with one attached hydrogen (secondary N) is 1. The van der Waals surface area contributed by atoms with Crippen LogP contribution in [0, 0.1) is 5.41 Å². The van der Waals surface area contributed by atoms with E-state index < -0.39 is 0 Å². The molecule has 1 amide bonds. The van der Waals surface area contributed by atoms with Gasteiger partial charge in [-0.25, -0.2) is 0 Å². The van der Waals surface area contributed by atoms with Gasteiger partial charge >= 0.3 is 0 Å². The number of nitrogens with zero attached hydrogens (tertiary/aromatic N) is 3. The van der Waals surface area contributed by atoms with Crippen LogP contribution in [0.25, 0.3) is 0 Å². The molecule has 1 aliphatic carbocycles. The number of amides is 1. The summed E-state index contributed by atoms with van der Waals surface area (Å²) in [4.78, 5) is 15.6. The molecular weight excluding hydrogens is 316 g/mol.